The summed E-state index contributed by atoms with van der Waals surface area (Å²) in [7, 11) is 1.68. The summed E-state index contributed by atoms with van der Waals surface area (Å²) in [5.74, 6) is 0. The van der Waals surface area contributed by atoms with Gasteiger partial charge in [-0.1, -0.05) is 30.3 Å². The standard InChI is InChI=1S/C17H21N3OS/c1-21-12-11-19-17(22)20(13-15-5-3-2-4-6-15)14-16-7-9-18-10-8-16/h2-10H,11-14H2,1H3,(H,19,22). The van der Waals surface area contributed by atoms with Crippen LogP contribution in [0.5, 0.6) is 0 Å². The number of nitrogens with zero attached hydrogens (tertiary/aromatic N) is 2. The summed E-state index contributed by atoms with van der Waals surface area (Å²) in [6.45, 7) is 2.85. The lowest BCUT2D eigenvalue weighted by Gasteiger charge is -2.26. The Bertz CT molecular complexity index is 521. The quantitative estimate of drug-likeness (QED) is 0.628. The number of benzene rings is 1. The molecule has 1 heterocycles. The highest BCUT2D eigenvalue weighted by molar-refractivity contribution is 7.80. The van der Waals surface area contributed by atoms with Gasteiger partial charge in [0.1, 0.15) is 0 Å². The van der Waals surface area contributed by atoms with Crippen LogP contribution in [0.4, 0.5) is 0 Å². The van der Waals surface area contributed by atoms with Crippen molar-refractivity contribution in [1.82, 2.24) is 15.2 Å². The third kappa shape index (κ3) is 5.42. The first-order chi connectivity index (χ1) is 10.8. The van der Waals surface area contributed by atoms with Crippen LogP contribution in [-0.2, 0) is 17.8 Å². The molecule has 0 spiro atoms. The zero-order chi connectivity index (χ0) is 15.6. The van der Waals surface area contributed by atoms with Gasteiger partial charge in [0.25, 0.3) is 0 Å². The van der Waals surface area contributed by atoms with Crippen LogP contribution in [0.25, 0.3) is 0 Å². The molecule has 4 nitrogen and oxygen atoms in total. The molecule has 0 amide bonds. The van der Waals surface area contributed by atoms with E-state index in [9.17, 15) is 0 Å². The number of aromatic nitrogens is 1. The van der Waals surface area contributed by atoms with E-state index in [0.29, 0.717) is 13.2 Å². The van der Waals surface area contributed by atoms with Crippen molar-refractivity contribution in [3.63, 3.8) is 0 Å². The summed E-state index contributed by atoms with van der Waals surface area (Å²) < 4.78 is 5.06. The molecule has 1 N–H and O–H groups in total. The second-order valence-electron chi connectivity index (χ2n) is 4.92. The highest BCUT2D eigenvalue weighted by Gasteiger charge is 2.10. The Morgan fingerprint density at radius 1 is 1.09 bits per heavy atom. The van der Waals surface area contributed by atoms with Crippen LogP contribution in [0, 0.1) is 0 Å². The van der Waals surface area contributed by atoms with Crippen LogP contribution in [0.15, 0.2) is 54.9 Å². The summed E-state index contributed by atoms with van der Waals surface area (Å²) in [6, 6.07) is 14.3. The number of ether oxygens (including phenoxy) is 1. The van der Waals surface area contributed by atoms with Crippen LogP contribution in [0.2, 0.25) is 0 Å². The largest absolute Gasteiger partial charge is 0.383 e. The smallest absolute Gasteiger partial charge is 0.169 e. The molecule has 0 aliphatic rings. The molecule has 2 rings (SSSR count). The molecule has 22 heavy (non-hydrogen) atoms. The van der Waals surface area contributed by atoms with E-state index in [2.05, 4.69) is 27.3 Å². The number of thiocarbonyl (C=S) groups is 1. The van der Waals surface area contributed by atoms with Gasteiger partial charge in [-0.25, -0.2) is 0 Å². The van der Waals surface area contributed by atoms with Crippen molar-refractivity contribution >= 4 is 17.3 Å². The Morgan fingerprint density at radius 3 is 2.36 bits per heavy atom. The number of pyridine rings is 1. The zero-order valence-corrected chi connectivity index (χ0v) is 13.6. The average Bonchev–Trinajstić information content (AvgIpc) is 2.56. The fourth-order valence-corrected chi connectivity index (χ4v) is 2.31. The number of nitrogens with one attached hydrogen (secondary N) is 1. The van der Waals surface area contributed by atoms with E-state index in [-0.39, 0.29) is 0 Å². The molecule has 2 aromatic rings. The summed E-state index contributed by atoms with van der Waals surface area (Å²) >= 11 is 5.53. The van der Waals surface area contributed by atoms with Gasteiger partial charge >= 0.3 is 0 Å². The summed E-state index contributed by atoms with van der Waals surface area (Å²) in [4.78, 5) is 6.21. The third-order valence-corrected chi connectivity index (χ3v) is 3.61. The molecule has 1 aromatic heterocycles. The van der Waals surface area contributed by atoms with Crippen LogP contribution >= 0.6 is 12.2 Å². The van der Waals surface area contributed by atoms with Crippen LogP contribution in [0.3, 0.4) is 0 Å². The minimum absolute atomic E-state index is 0.634. The Balaban J connectivity index is 2.04. The minimum Gasteiger partial charge on any atom is -0.383 e. The van der Waals surface area contributed by atoms with Gasteiger partial charge in [-0.15, -0.1) is 0 Å². The van der Waals surface area contributed by atoms with Gasteiger partial charge < -0.3 is 15.0 Å². The zero-order valence-electron chi connectivity index (χ0n) is 12.7. The maximum Gasteiger partial charge on any atom is 0.169 e. The molecular weight excluding hydrogens is 294 g/mol. The van der Waals surface area contributed by atoms with E-state index in [0.717, 1.165) is 18.2 Å². The maximum absolute atomic E-state index is 5.53. The van der Waals surface area contributed by atoms with E-state index in [4.69, 9.17) is 17.0 Å². The lowest BCUT2D eigenvalue weighted by Crippen LogP contribution is -2.40. The van der Waals surface area contributed by atoms with E-state index in [1.807, 2.05) is 30.3 Å². The van der Waals surface area contributed by atoms with Gasteiger partial charge in [-0.3, -0.25) is 4.98 Å². The van der Waals surface area contributed by atoms with Gasteiger partial charge in [0.2, 0.25) is 0 Å². The molecular formula is C17H21N3OS. The van der Waals surface area contributed by atoms with Crippen molar-refractivity contribution in [3.8, 4) is 0 Å². The number of rotatable bonds is 7. The van der Waals surface area contributed by atoms with E-state index in [1.54, 1.807) is 19.5 Å². The molecule has 0 unspecified atom stereocenters. The topological polar surface area (TPSA) is 37.4 Å². The Labute approximate surface area is 137 Å². The summed E-state index contributed by atoms with van der Waals surface area (Å²) in [6.07, 6.45) is 3.61. The molecule has 0 atom stereocenters. The van der Waals surface area contributed by atoms with Crippen molar-refractivity contribution in [1.29, 1.82) is 0 Å². The third-order valence-electron chi connectivity index (χ3n) is 3.21. The average molecular weight is 315 g/mol. The van der Waals surface area contributed by atoms with Gasteiger partial charge in [-0.05, 0) is 35.5 Å². The van der Waals surface area contributed by atoms with Crippen molar-refractivity contribution in [2.75, 3.05) is 20.3 Å². The fraction of sp³-hybridized carbons (Fsp3) is 0.294. The maximum atomic E-state index is 5.53. The predicted octanol–water partition coefficient (Wildman–Crippen LogP) is 2.60. The highest BCUT2D eigenvalue weighted by atomic mass is 32.1. The van der Waals surface area contributed by atoms with Gasteiger partial charge in [0.05, 0.1) is 6.61 Å². The molecule has 5 heteroatoms. The Hall–Kier alpha value is -1.98. The number of methoxy groups -OCH3 is 1. The lowest BCUT2D eigenvalue weighted by atomic mass is 10.2. The molecule has 0 saturated carbocycles. The lowest BCUT2D eigenvalue weighted by molar-refractivity contribution is 0.202. The van der Waals surface area contributed by atoms with Crippen molar-refractivity contribution in [2.24, 2.45) is 0 Å². The molecule has 0 bridgehead atoms. The van der Waals surface area contributed by atoms with Gasteiger partial charge in [-0.2, -0.15) is 0 Å². The first-order valence-electron chi connectivity index (χ1n) is 7.24. The monoisotopic (exact) mass is 315 g/mol. The second kappa shape index (κ2) is 9.12. The SMILES string of the molecule is COCCNC(=S)N(Cc1ccccc1)Cc1ccncc1. The minimum atomic E-state index is 0.634. The van der Waals surface area contributed by atoms with E-state index in [1.165, 1.54) is 11.1 Å². The number of hydrogen-bond acceptors (Lipinski definition) is 3. The number of hydrogen-bond donors (Lipinski definition) is 1. The van der Waals surface area contributed by atoms with Gasteiger partial charge in [0, 0.05) is 39.1 Å². The molecule has 116 valence electrons. The highest BCUT2D eigenvalue weighted by Crippen LogP contribution is 2.10. The normalized spacial score (nSPS) is 10.2. The molecule has 0 aliphatic carbocycles. The first-order valence-corrected chi connectivity index (χ1v) is 7.65. The van der Waals surface area contributed by atoms with Gasteiger partial charge in [0.15, 0.2) is 5.11 Å². The summed E-state index contributed by atoms with van der Waals surface area (Å²) in [5, 5.41) is 3.97. The molecule has 1 aromatic carbocycles. The van der Waals surface area contributed by atoms with E-state index < -0.39 is 0 Å². The molecule has 0 radical (unpaired) electrons. The Morgan fingerprint density at radius 2 is 1.73 bits per heavy atom. The Kier molecular flexibility index (Phi) is 6.80. The van der Waals surface area contributed by atoms with Crippen molar-refractivity contribution in [3.05, 3.63) is 66.0 Å². The predicted molar refractivity (Wildman–Crippen MR) is 92.4 cm³/mol. The van der Waals surface area contributed by atoms with E-state index >= 15 is 0 Å². The van der Waals surface area contributed by atoms with Crippen LogP contribution in [0.1, 0.15) is 11.1 Å². The van der Waals surface area contributed by atoms with Crippen molar-refractivity contribution < 1.29 is 4.74 Å². The van der Waals surface area contributed by atoms with Crippen LogP contribution in [-0.4, -0.2) is 35.3 Å². The molecule has 0 saturated heterocycles. The fourth-order valence-electron chi connectivity index (χ4n) is 2.08. The van der Waals surface area contributed by atoms with Crippen LogP contribution < -0.4 is 5.32 Å². The van der Waals surface area contributed by atoms with Crippen molar-refractivity contribution in [2.45, 2.75) is 13.1 Å². The molecule has 0 fully saturated rings. The summed E-state index contributed by atoms with van der Waals surface area (Å²) in [5.41, 5.74) is 2.41. The first kappa shape index (κ1) is 16.4. The molecule has 0 aliphatic heterocycles. The second-order valence-corrected chi connectivity index (χ2v) is 5.31.